The number of piperidine rings is 2. The summed E-state index contributed by atoms with van der Waals surface area (Å²) in [6.07, 6.45) is 4.41. The van der Waals surface area contributed by atoms with Crippen molar-refractivity contribution in [2.24, 2.45) is 5.92 Å². The van der Waals surface area contributed by atoms with Crippen molar-refractivity contribution in [3.63, 3.8) is 0 Å². The van der Waals surface area contributed by atoms with Crippen LogP contribution in [0.5, 0.6) is 0 Å². The van der Waals surface area contributed by atoms with Gasteiger partial charge in [0.25, 0.3) is 11.8 Å². The zero-order valence-corrected chi connectivity index (χ0v) is 20.4. The Balaban J connectivity index is 1.47. The Hall–Kier alpha value is -2.86. The van der Waals surface area contributed by atoms with E-state index in [0.29, 0.717) is 42.1 Å². The van der Waals surface area contributed by atoms with Gasteiger partial charge in [0.2, 0.25) is 5.91 Å². The number of benzene rings is 2. The Labute approximate surface area is 206 Å². The van der Waals surface area contributed by atoms with Crippen LogP contribution in [0.15, 0.2) is 48.5 Å². The minimum Gasteiger partial charge on any atom is -0.341 e. The third-order valence-corrected chi connectivity index (χ3v) is 7.27. The molecule has 0 bridgehead atoms. The molecule has 0 unspecified atom stereocenters. The predicted molar refractivity (Wildman–Crippen MR) is 133 cm³/mol. The summed E-state index contributed by atoms with van der Waals surface area (Å²) < 4.78 is 0. The Morgan fingerprint density at radius 3 is 2.18 bits per heavy atom. The summed E-state index contributed by atoms with van der Waals surface area (Å²) in [7, 11) is 0. The topological polar surface area (TPSA) is 69.7 Å². The Morgan fingerprint density at radius 2 is 1.53 bits per heavy atom. The van der Waals surface area contributed by atoms with Crippen molar-refractivity contribution in [1.82, 2.24) is 15.1 Å². The van der Waals surface area contributed by atoms with Crippen molar-refractivity contribution < 1.29 is 14.4 Å². The minimum absolute atomic E-state index is 0.0115. The molecule has 0 radical (unpaired) electrons. The first-order chi connectivity index (χ1) is 16.4. The highest BCUT2D eigenvalue weighted by molar-refractivity contribution is 6.33. The van der Waals surface area contributed by atoms with E-state index in [1.165, 1.54) is 0 Å². The van der Waals surface area contributed by atoms with Crippen LogP contribution in [0.4, 0.5) is 0 Å². The van der Waals surface area contributed by atoms with Gasteiger partial charge in [0.1, 0.15) is 6.04 Å². The van der Waals surface area contributed by atoms with Gasteiger partial charge in [0.05, 0.1) is 10.6 Å². The molecule has 180 valence electrons. The van der Waals surface area contributed by atoms with Crippen LogP contribution in [-0.4, -0.2) is 59.7 Å². The maximum Gasteiger partial charge on any atom is 0.253 e. The molecule has 0 aromatic heterocycles. The van der Waals surface area contributed by atoms with Gasteiger partial charge in [-0.15, -0.1) is 0 Å². The molecular formula is C27H32ClN3O3. The number of halogens is 1. The Kier molecular flexibility index (Phi) is 7.88. The number of hydrogen-bond donors (Lipinski definition) is 1. The number of carbonyl (C=O) groups is 3. The van der Waals surface area contributed by atoms with Crippen LogP contribution < -0.4 is 5.32 Å². The third-order valence-electron chi connectivity index (χ3n) is 6.94. The summed E-state index contributed by atoms with van der Waals surface area (Å²) in [6, 6.07) is 13.9. The van der Waals surface area contributed by atoms with Crippen molar-refractivity contribution in [3.05, 3.63) is 70.2 Å². The molecule has 2 aromatic rings. The Morgan fingerprint density at radius 1 is 0.882 bits per heavy atom. The van der Waals surface area contributed by atoms with E-state index in [1.54, 1.807) is 24.3 Å². The number of hydrogen-bond acceptors (Lipinski definition) is 3. The third kappa shape index (κ3) is 5.61. The summed E-state index contributed by atoms with van der Waals surface area (Å²) in [5.74, 6) is -0.386. The fourth-order valence-electron chi connectivity index (χ4n) is 4.87. The lowest BCUT2D eigenvalue weighted by Gasteiger charge is -2.38. The highest BCUT2D eigenvalue weighted by Gasteiger charge is 2.36. The van der Waals surface area contributed by atoms with E-state index in [4.69, 9.17) is 11.6 Å². The highest BCUT2D eigenvalue weighted by Crippen LogP contribution is 2.25. The SMILES string of the molecule is Cc1ccc(C(=O)N2CCC([C@@H](NC(=O)c3ccccc3Cl)C(=O)N3CCCCC3)CC2)cc1. The minimum atomic E-state index is -0.626. The number of likely N-dealkylation sites (tertiary alicyclic amines) is 2. The molecular weight excluding hydrogens is 450 g/mol. The molecule has 2 saturated heterocycles. The van der Waals surface area contributed by atoms with Crippen molar-refractivity contribution in [2.75, 3.05) is 26.2 Å². The number of amides is 3. The summed E-state index contributed by atoms with van der Waals surface area (Å²) >= 11 is 6.24. The van der Waals surface area contributed by atoms with Crippen molar-refractivity contribution in [3.8, 4) is 0 Å². The summed E-state index contributed by atoms with van der Waals surface area (Å²) in [5.41, 5.74) is 2.16. The second-order valence-corrected chi connectivity index (χ2v) is 9.72. The normalized spacial score (nSPS) is 17.8. The van der Waals surface area contributed by atoms with Crippen molar-refractivity contribution in [1.29, 1.82) is 0 Å². The summed E-state index contributed by atoms with van der Waals surface area (Å²) in [4.78, 5) is 43.2. The van der Waals surface area contributed by atoms with E-state index in [0.717, 1.165) is 37.9 Å². The van der Waals surface area contributed by atoms with E-state index < -0.39 is 6.04 Å². The number of nitrogens with zero attached hydrogens (tertiary/aromatic N) is 2. The van der Waals surface area contributed by atoms with E-state index in [-0.39, 0.29) is 23.6 Å². The standard InChI is InChI=1S/C27H32ClN3O3/c1-19-9-11-21(12-10-19)26(33)31-17-13-20(14-18-31)24(27(34)30-15-5-2-6-16-30)29-25(32)22-7-3-4-8-23(22)28/h3-4,7-12,20,24H,2,5-6,13-18H2,1H3,(H,29,32)/t24-/m1/s1. The van der Waals surface area contributed by atoms with Gasteiger partial charge in [-0.05, 0) is 69.2 Å². The maximum atomic E-state index is 13.5. The molecule has 0 spiro atoms. The molecule has 6 nitrogen and oxygen atoms in total. The second kappa shape index (κ2) is 11.0. The van der Waals surface area contributed by atoms with Gasteiger partial charge in [0, 0.05) is 31.7 Å². The van der Waals surface area contributed by atoms with Gasteiger partial charge in [-0.1, -0.05) is 41.4 Å². The van der Waals surface area contributed by atoms with Gasteiger partial charge in [0.15, 0.2) is 0 Å². The number of carbonyl (C=O) groups excluding carboxylic acids is 3. The second-order valence-electron chi connectivity index (χ2n) is 9.31. The lowest BCUT2D eigenvalue weighted by molar-refractivity contribution is -0.136. The number of nitrogens with one attached hydrogen (secondary N) is 1. The maximum absolute atomic E-state index is 13.5. The molecule has 2 fully saturated rings. The Bertz CT molecular complexity index is 1030. The lowest BCUT2D eigenvalue weighted by Crippen LogP contribution is -2.55. The quantitative estimate of drug-likeness (QED) is 0.691. The zero-order chi connectivity index (χ0) is 24.1. The average Bonchev–Trinajstić information content (AvgIpc) is 2.88. The number of aryl methyl sites for hydroxylation is 1. The first kappa shape index (κ1) is 24.3. The van der Waals surface area contributed by atoms with Gasteiger partial charge in [-0.2, -0.15) is 0 Å². The monoisotopic (exact) mass is 481 g/mol. The van der Waals surface area contributed by atoms with Gasteiger partial charge in [-0.25, -0.2) is 0 Å². The molecule has 0 saturated carbocycles. The van der Waals surface area contributed by atoms with Crippen LogP contribution in [0.25, 0.3) is 0 Å². The molecule has 2 aliphatic rings. The first-order valence-electron chi connectivity index (χ1n) is 12.1. The van der Waals surface area contributed by atoms with E-state index >= 15 is 0 Å². The molecule has 1 atom stereocenters. The number of rotatable bonds is 5. The van der Waals surface area contributed by atoms with Crippen LogP contribution in [0.2, 0.25) is 5.02 Å². The zero-order valence-electron chi connectivity index (χ0n) is 19.6. The smallest absolute Gasteiger partial charge is 0.253 e. The molecule has 3 amide bonds. The molecule has 7 heteroatoms. The molecule has 0 aliphatic carbocycles. The average molecular weight is 482 g/mol. The molecule has 34 heavy (non-hydrogen) atoms. The van der Waals surface area contributed by atoms with Crippen molar-refractivity contribution in [2.45, 2.75) is 45.1 Å². The van der Waals surface area contributed by atoms with Crippen LogP contribution in [0.1, 0.15) is 58.4 Å². The summed E-state index contributed by atoms with van der Waals surface area (Å²) in [5, 5.41) is 3.37. The fourth-order valence-corrected chi connectivity index (χ4v) is 5.09. The van der Waals surface area contributed by atoms with E-state index in [1.807, 2.05) is 41.0 Å². The van der Waals surface area contributed by atoms with Crippen LogP contribution >= 0.6 is 11.6 Å². The molecule has 2 aliphatic heterocycles. The first-order valence-corrected chi connectivity index (χ1v) is 12.5. The van der Waals surface area contributed by atoms with E-state index in [9.17, 15) is 14.4 Å². The molecule has 2 heterocycles. The largest absolute Gasteiger partial charge is 0.341 e. The van der Waals surface area contributed by atoms with Crippen LogP contribution in [0, 0.1) is 12.8 Å². The molecule has 1 N–H and O–H groups in total. The van der Waals surface area contributed by atoms with Crippen LogP contribution in [-0.2, 0) is 4.79 Å². The van der Waals surface area contributed by atoms with Gasteiger partial charge >= 0.3 is 0 Å². The highest BCUT2D eigenvalue weighted by atomic mass is 35.5. The molecule has 4 rings (SSSR count). The lowest BCUT2D eigenvalue weighted by atomic mass is 9.87. The van der Waals surface area contributed by atoms with Gasteiger partial charge < -0.3 is 15.1 Å². The van der Waals surface area contributed by atoms with Crippen LogP contribution in [0.3, 0.4) is 0 Å². The predicted octanol–water partition coefficient (Wildman–Crippen LogP) is 4.31. The van der Waals surface area contributed by atoms with Gasteiger partial charge in [-0.3, -0.25) is 14.4 Å². The molecule has 2 aromatic carbocycles. The summed E-state index contributed by atoms with van der Waals surface area (Å²) in [6.45, 7) is 4.56. The fraction of sp³-hybridized carbons (Fsp3) is 0.444. The van der Waals surface area contributed by atoms with Crippen molar-refractivity contribution >= 4 is 29.3 Å². The van der Waals surface area contributed by atoms with E-state index in [2.05, 4.69) is 5.32 Å².